The van der Waals surface area contributed by atoms with E-state index in [1.54, 1.807) is 18.2 Å². The molecule has 110 valence electrons. The van der Waals surface area contributed by atoms with E-state index >= 15 is 0 Å². The van der Waals surface area contributed by atoms with Crippen LogP contribution in [0.25, 0.3) is 0 Å². The highest BCUT2D eigenvalue weighted by Crippen LogP contribution is 2.27. The SMILES string of the molecule is CCNc1cc(C)ccc1C(=O)Nc1c(F)cccc1Br. The highest BCUT2D eigenvalue weighted by atomic mass is 79.9. The summed E-state index contributed by atoms with van der Waals surface area (Å²) in [5.74, 6) is -0.827. The van der Waals surface area contributed by atoms with E-state index in [-0.39, 0.29) is 11.6 Å². The minimum absolute atomic E-state index is 0.144. The topological polar surface area (TPSA) is 41.1 Å². The number of hydrogen-bond acceptors (Lipinski definition) is 2. The van der Waals surface area contributed by atoms with Crippen molar-refractivity contribution >= 4 is 33.2 Å². The Morgan fingerprint density at radius 3 is 2.71 bits per heavy atom. The van der Waals surface area contributed by atoms with Crippen LogP contribution in [0.1, 0.15) is 22.8 Å². The number of halogens is 2. The van der Waals surface area contributed by atoms with Crippen molar-refractivity contribution in [1.82, 2.24) is 0 Å². The van der Waals surface area contributed by atoms with Crippen LogP contribution in [0.5, 0.6) is 0 Å². The van der Waals surface area contributed by atoms with Crippen molar-refractivity contribution in [2.24, 2.45) is 0 Å². The first-order valence-electron chi connectivity index (χ1n) is 6.62. The Hall–Kier alpha value is -1.88. The van der Waals surface area contributed by atoms with Gasteiger partial charge in [0.1, 0.15) is 5.82 Å². The van der Waals surface area contributed by atoms with Crippen molar-refractivity contribution < 1.29 is 9.18 Å². The molecule has 3 nitrogen and oxygen atoms in total. The fourth-order valence-corrected chi connectivity index (χ4v) is 2.43. The molecule has 1 amide bonds. The summed E-state index contributed by atoms with van der Waals surface area (Å²) in [6.45, 7) is 4.61. The largest absolute Gasteiger partial charge is 0.385 e. The molecule has 0 bridgehead atoms. The number of hydrogen-bond donors (Lipinski definition) is 2. The lowest BCUT2D eigenvalue weighted by molar-refractivity contribution is 0.102. The molecule has 0 heterocycles. The van der Waals surface area contributed by atoms with Gasteiger partial charge in [0.2, 0.25) is 0 Å². The Morgan fingerprint density at radius 2 is 2.05 bits per heavy atom. The summed E-state index contributed by atoms with van der Waals surface area (Å²) >= 11 is 3.24. The lowest BCUT2D eigenvalue weighted by atomic mass is 10.1. The molecular formula is C16H16BrFN2O. The van der Waals surface area contributed by atoms with Gasteiger partial charge >= 0.3 is 0 Å². The van der Waals surface area contributed by atoms with Crippen molar-refractivity contribution in [3.8, 4) is 0 Å². The average molecular weight is 351 g/mol. The molecule has 2 rings (SSSR count). The zero-order chi connectivity index (χ0) is 15.4. The van der Waals surface area contributed by atoms with Gasteiger partial charge in [0.25, 0.3) is 5.91 Å². The summed E-state index contributed by atoms with van der Waals surface area (Å²) in [7, 11) is 0. The molecule has 0 aliphatic carbocycles. The third-order valence-corrected chi connectivity index (χ3v) is 3.65. The number of benzene rings is 2. The summed E-state index contributed by atoms with van der Waals surface area (Å²) in [5, 5.41) is 5.76. The quantitative estimate of drug-likeness (QED) is 0.847. The monoisotopic (exact) mass is 350 g/mol. The van der Waals surface area contributed by atoms with Crippen LogP contribution in [0.2, 0.25) is 0 Å². The van der Waals surface area contributed by atoms with Gasteiger partial charge < -0.3 is 10.6 Å². The van der Waals surface area contributed by atoms with Gasteiger partial charge in [-0.15, -0.1) is 0 Å². The Kier molecular flexibility index (Phi) is 4.96. The van der Waals surface area contributed by atoms with Gasteiger partial charge in [-0.25, -0.2) is 4.39 Å². The van der Waals surface area contributed by atoms with Crippen LogP contribution in [0, 0.1) is 12.7 Å². The highest BCUT2D eigenvalue weighted by Gasteiger charge is 2.15. The molecule has 0 spiro atoms. The second kappa shape index (κ2) is 6.72. The third-order valence-electron chi connectivity index (χ3n) is 2.99. The Labute approximate surface area is 131 Å². The van der Waals surface area contributed by atoms with Crippen molar-refractivity contribution in [1.29, 1.82) is 0 Å². The second-order valence-electron chi connectivity index (χ2n) is 4.63. The van der Waals surface area contributed by atoms with Gasteiger partial charge in [-0.2, -0.15) is 0 Å². The van der Waals surface area contributed by atoms with Crippen LogP contribution < -0.4 is 10.6 Å². The van der Waals surface area contributed by atoms with Crippen LogP contribution in [0.4, 0.5) is 15.8 Å². The maximum atomic E-state index is 13.8. The first kappa shape index (κ1) is 15.5. The number of amides is 1. The van der Waals surface area contributed by atoms with Gasteiger partial charge in [0, 0.05) is 16.7 Å². The number of para-hydroxylation sites is 1. The van der Waals surface area contributed by atoms with Crippen LogP contribution in [0.3, 0.4) is 0 Å². The standard InChI is InChI=1S/C16H16BrFN2O/c1-3-19-14-9-10(2)7-8-11(14)16(21)20-15-12(17)5-4-6-13(15)18/h4-9,19H,3H2,1-2H3,(H,20,21). The molecule has 0 radical (unpaired) electrons. The van der Waals surface area contributed by atoms with Gasteiger partial charge in [-0.05, 0) is 59.6 Å². The Balaban J connectivity index is 2.32. The molecule has 0 unspecified atom stereocenters. The van der Waals surface area contributed by atoms with Crippen molar-refractivity contribution in [3.05, 3.63) is 57.8 Å². The van der Waals surface area contributed by atoms with Crippen molar-refractivity contribution in [3.63, 3.8) is 0 Å². The minimum atomic E-state index is -0.477. The zero-order valence-corrected chi connectivity index (χ0v) is 13.4. The molecule has 21 heavy (non-hydrogen) atoms. The summed E-state index contributed by atoms with van der Waals surface area (Å²) in [4.78, 5) is 12.4. The number of rotatable bonds is 4. The molecule has 5 heteroatoms. The molecule has 0 atom stereocenters. The van der Waals surface area contributed by atoms with Crippen LogP contribution in [-0.2, 0) is 0 Å². The predicted octanol–water partition coefficient (Wildman–Crippen LogP) is 4.58. The van der Waals surface area contributed by atoms with Crippen LogP contribution in [0.15, 0.2) is 40.9 Å². The number of aryl methyl sites for hydroxylation is 1. The number of nitrogens with one attached hydrogen (secondary N) is 2. The summed E-state index contributed by atoms with van der Waals surface area (Å²) in [5.41, 5.74) is 2.42. The Bertz CT molecular complexity index is 653. The van der Waals surface area contributed by atoms with E-state index in [2.05, 4.69) is 26.6 Å². The van der Waals surface area contributed by atoms with Crippen LogP contribution in [-0.4, -0.2) is 12.5 Å². The first-order chi connectivity index (χ1) is 10.0. The summed E-state index contributed by atoms with van der Waals surface area (Å²) < 4.78 is 14.3. The van der Waals surface area contributed by atoms with Crippen LogP contribution >= 0.6 is 15.9 Å². The molecule has 2 aromatic carbocycles. The average Bonchev–Trinajstić information content (AvgIpc) is 2.43. The lowest BCUT2D eigenvalue weighted by Gasteiger charge is -2.13. The maximum Gasteiger partial charge on any atom is 0.257 e. The molecule has 2 N–H and O–H groups in total. The number of anilines is 2. The molecule has 0 aliphatic rings. The van der Waals surface area contributed by atoms with Crippen molar-refractivity contribution in [2.75, 3.05) is 17.2 Å². The highest BCUT2D eigenvalue weighted by molar-refractivity contribution is 9.10. The maximum absolute atomic E-state index is 13.8. The number of carbonyl (C=O) groups excluding carboxylic acids is 1. The molecule has 0 saturated heterocycles. The van der Waals surface area contributed by atoms with E-state index in [1.807, 2.05) is 26.0 Å². The molecule has 0 fully saturated rings. The third kappa shape index (κ3) is 3.61. The van der Waals surface area contributed by atoms with E-state index in [9.17, 15) is 9.18 Å². The Morgan fingerprint density at radius 1 is 1.29 bits per heavy atom. The predicted molar refractivity (Wildman–Crippen MR) is 87.4 cm³/mol. The second-order valence-corrected chi connectivity index (χ2v) is 5.48. The van der Waals surface area contributed by atoms with Gasteiger partial charge in [-0.3, -0.25) is 4.79 Å². The summed E-state index contributed by atoms with van der Waals surface area (Å²) in [6.07, 6.45) is 0. The normalized spacial score (nSPS) is 10.3. The first-order valence-corrected chi connectivity index (χ1v) is 7.42. The van der Waals surface area contributed by atoms with E-state index < -0.39 is 5.82 Å². The van der Waals surface area contributed by atoms with E-state index in [1.165, 1.54) is 6.07 Å². The van der Waals surface area contributed by atoms with E-state index in [0.717, 1.165) is 11.3 Å². The smallest absolute Gasteiger partial charge is 0.257 e. The van der Waals surface area contributed by atoms with Gasteiger partial charge in [-0.1, -0.05) is 12.1 Å². The lowest BCUT2D eigenvalue weighted by Crippen LogP contribution is -2.16. The number of carbonyl (C=O) groups is 1. The van der Waals surface area contributed by atoms with Crippen molar-refractivity contribution in [2.45, 2.75) is 13.8 Å². The minimum Gasteiger partial charge on any atom is -0.385 e. The molecule has 0 aromatic heterocycles. The summed E-state index contributed by atoms with van der Waals surface area (Å²) in [6, 6.07) is 10.0. The molecule has 0 saturated carbocycles. The molecular weight excluding hydrogens is 335 g/mol. The van der Waals surface area contributed by atoms with Gasteiger partial charge in [0.15, 0.2) is 0 Å². The van der Waals surface area contributed by atoms with E-state index in [0.29, 0.717) is 16.6 Å². The molecule has 0 aliphatic heterocycles. The van der Waals surface area contributed by atoms with E-state index in [4.69, 9.17) is 0 Å². The zero-order valence-electron chi connectivity index (χ0n) is 11.8. The fraction of sp³-hybridized carbons (Fsp3) is 0.188. The molecule has 2 aromatic rings. The van der Waals surface area contributed by atoms with Gasteiger partial charge in [0.05, 0.1) is 11.3 Å². The fourth-order valence-electron chi connectivity index (χ4n) is 1.99.